The minimum Gasteiger partial charge on any atom is -0.0622 e. The third-order valence-corrected chi connectivity index (χ3v) is 11.1. The molecule has 0 nitrogen and oxygen atoms in total. The maximum Gasteiger partial charge on any atom is 0.000500 e. The lowest BCUT2D eigenvalue weighted by molar-refractivity contribution is 1.46. The van der Waals surface area contributed by atoms with E-state index in [2.05, 4.69) is 140 Å². The van der Waals surface area contributed by atoms with E-state index in [1.165, 1.54) is 49.0 Å². The molecule has 0 unspecified atom stereocenters. The van der Waals surface area contributed by atoms with Crippen molar-refractivity contribution in [2.24, 2.45) is 0 Å². The highest BCUT2D eigenvalue weighted by molar-refractivity contribution is 7.96. The van der Waals surface area contributed by atoms with Crippen LogP contribution in [0, 0.1) is 6.92 Å². The Morgan fingerprint density at radius 3 is 1.33 bits per heavy atom. The van der Waals surface area contributed by atoms with Crippen molar-refractivity contribution < 1.29 is 0 Å². The zero-order valence-electron chi connectivity index (χ0n) is 18.6. The zero-order valence-corrected chi connectivity index (χ0v) is 19.5. The molecule has 5 aromatic carbocycles. The Morgan fingerprint density at radius 2 is 0.818 bits per heavy atom. The van der Waals surface area contributed by atoms with Gasteiger partial charge in [0.05, 0.1) is 0 Å². The predicted octanol–water partition coefficient (Wildman–Crippen LogP) is 6.54. The summed E-state index contributed by atoms with van der Waals surface area (Å²) < 4.78 is 0. The maximum atomic E-state index is 2.33. The highest BCUT2D eigenvalue weighted by Gasteiger charge is 2.36. The van der Waals surface area contributed by atoms with Crippen molar-refractivity contribution in [2.75, 3.05) is 0 Å². The summed E-state index contributed by atoms with van der Waals surface area (Å²) in [5, 5.41) is 5.66. The Balaban J connectivity index is 1.95. The van der Waals surface area contributed by atoms with E-state index in [4.69, 9.17) is 0 Å². The van der Waals surface area contributed by atoms with Gasteiger partial charge in [0.15, 0.2) is 0 Å². The Kier molecular flexibility index (Phi) is 4.90. The molecule has 5 aromatic rings. The van der Waals surface area contributed by atoms with E-state index in [1.54, 1.807) is 0 Å². The van der Waals surface area contributed by atoms with E-state index in [1.807, 2.05) is 0 Å². The van der Waals surface area contributed by atoms with Gasteiger partial charge in [-0.1, -0.05) is 133 Å². The smallest absolute Gasteiger partial charge is 0.000500 e. The second-order valence-corrected chi connectivity index (χ2v) is 11.9. The monoisotopic (exact) mass is 440 g/mol. The lowest BCUT2D eigenvalue weighted by atomic mass is 10.0. The van der Waals surface area contributed by atoms with Crippen LogP contribution in [0.3, 0.4) is 0 Å². The number of benzene rings is 5. The SMILES string of the molecule is Cc1cccc2c1C(=P(c1ccccc1)(c1ccccc1)c1ccccc1)c1ccccc1-2. The van der Waals surface area contributed by atoms with E-state index in [-0.39, 0.29) is 0 Å². The van der Waals surface area contributed by atoms with Gasteiger partial charge in [-0.2, -0.15) is 0 Å². The first-order valence-corrected chi connectivity index (χ1v) is 13.2. The molecule has 0 fully saturated rings. The van der Waals surface area contributed by atoms with Crippen molar-refractivity contribution in [3.05, 3.63) is 150 Å². The van der Waals surface area contributed by atoms with Crippen LogP contribution in [-0.4, -0.2) is 5.29 Å². The number of aryl methyl sites for hydroxylation is 1. The summed E-state index contributed by atoms with van der Waals surface area (Å²) in [5.74, 6) is 0. The first-order chi connectivity index (χ1) is 16.3. The lowest BCUT2D eigenvalue weighted by Gasteiger charge is -2.33. The molecule has 0 heterocycles. The van der Waals surface area contributed by atoms with Crippen LogP contribution >= 0.6 is 6.89 Å². The van der Waals surface area contributed by atoms with Crippen LogP contribution in [0.2, 0.25) is 0 Å². The minimum absolute atomic E-state index is 1.34. The topological polar surface area (TPSA) is 0 Å². The van der Waals surface area contributed by atoms with Gasteiger partial charge in [0.25, 0.3) is 0 Å². The third-order valence-electron chi connectivity index (χ3n) is 6.75. The Hall–Kier alpha value is -3.60. The maximum absolute atomic E-state index is 2.33. The lowest BCUT2D eigenvalue weighted by Crippen LogP contribution is -2.30. The van der Waals surface area contributed by atoms with Gasteiger partial charge in [-0.15, -0.1) is 0 Å². The molecule has 0 bridgehead atoms. The highest BCUT2D eigenvalue weighted by atomic mass is 31.2. The molecule has 1 aliphatic rings. The minimum atomic E-state index is -2.18. The molecule has 0 saturated heterocycles. The van der Waals surface area contributed by atoms with Crippen LogP contribution in [0.25, 0.3) is 11.1 Å². The Labute approximate surface area is 196 Å². The second kappa shape index (κ2) is 8.07. The summed E-state index contributed by atoms with van der Waals surface area (Å²) in [5.41, 5.74) is 6.81. The second-order valence-electron chi connectivity index (χ2n) is 8.57. The largest absolute Gasteiger partial charge is 0.0622 e. The van der Waals surface area contributed by atoms with E-state index < -0.39 is 6.89 Å². The number of hydrogen-bond acceptors (Lipinski definition) is 0. The molecular weight excluding hydrogens is 415 g/mol. The summed E-state index contributed by atoms with van der Waals surface area (Å²) in [6, 6.07) is 49.2. The molecule has 33 heavy (non-hydrogen) atoms. The standard InChI is InChI=1S/C32H25P/c1-24-14-13-23-29-28-21-11-12-22-30(28)32(31(24)29)33(25-15-5-2-6-16-25,26-17-7-3-8-18-26)27-19-9-4-10-20-27/h2-23H,1H3. The molecule has 0 amide bonds. The van der Waals surface area contributed by atoms with Gasteiger partial charge in [-0.3, -0.25) is 0 Å². The molecule has 6 rings (SSSR count). The average Bonchev–Trinajstić information content (AvgIpc) is 3.23. The van der Waals surface area contributed by atoms with Gasteiger partial charge in [0.1, 0.15) is 0 Å². The van der Waals surface area contributed by atoms with E-state index in [9.17, 15) is 0 Å². The fourth-order valence-corrected chi connectivity index (χ4v) is 10.1. The summed E-state index contributed by atoms with van der Waals surface area (Å²) in [6.45, 7) is 0.0884. The Morgan fingerprint density at radius 1 is 0.394 bits per heavy atom. The van der Waals surface area contributed by atoms with Crippen molar-refractivity contribution in [3.63, 3.8) is 0 Å². The summed E-state index contributed by atoms with van der Waals surface area (Å²) in [4.78, 5) is 0. The van der Waals surface area contributed by atoms with Gasteiger partial charge >= 0.3 is 0 Å². The van der Waals surface area contributed by atoms with Crippen molar-refractivity contribution >= 4 is 28.1 Å². The molecule has 0 aliphatic heterocycles. The van der Waals surface area contributed by atoms with E-state index in [0.717, 1.165) is 0 Å². The highest BCUT2D eigenvalue weighted by Crippen LogP contribution is 2.54. The van der Waals surface area contributed by atoms with Crippen molar-refractivity contribution in [1.82, 2.24) is 0 Å². The van der Waals surface area contributed by atoms with Gasteiger partial charge in [0.2, 0.25) is 0 Å². The Bertz CT molecular complexity index is 1390. The first-order valence-electron chi connectivity index (χ1n) is 11.4. The predicted molar refractivity (Wildman–Crippen MR) is 145 cm³/mol. The normalized spacial score (nSPS) is 12.3. The summed E-state index contributed by atoms with van der Waals surface area (Å²) in [7, 11) is 0. The molecule has 0 radical (unpaired) electrons. The van der Waals surface area contributed by atoms with Gasteiger partial charge < -0.3 is 0 Å². The van der Waals surface area contributed by atoms with Gasteiger partial charge in [-0.25, -0.2) is 0 Å². The summed E-state index contributed by atoms with van der Waals surface area (Å²) in [6.07, 6.45) is 0. The van der Waals surface area contributed by atoms with E-state index in [0.29, 0.717) is 0 Å². The molecule has 1 aliphatic carbocycles. The van der Waals surface area contributed by atoms with Crippen LogP contribution in [0.15, 0.2) is 133 Å². The fourth-order valence-electron chi connectivity index (χ4n) is 5.40. The van der Waals surface area contributed by atoms with Gasteiger partial charge in [-0.05, 0) is 57.5 Å². The van der Waals surface area contributed by atoms with Crippen molar-refractivity contribution in [3.8, 4) is 11.1 Å². The van der Waals surface area contributed by atoms with Crippen LogP contribution < -0.4 is 15.9 Å². The summed E-state index contributed by atoms with van der Waals surface area (Å²) >= 11 is 0. The molecule has 0 saturated carbocycles. The van der Waals surface area contributed by atoms with Crippen LogP contribution in [-0.2, 0) is 0 Å². The molecular formula is C32H25P. The molecule has 0 spiro atoms. The fraction of sp³-hybridized carbons (Fsp3) is 0.0312. The van der Waals surface area contributed by atoms with Crippen LogP contribution in [0.1, 0.15) is 16.7 Å². The zero-order chi connectivity index (χ0) is 22.3. The molecule has 158 valence electrons. The van der Waals surface area contributed by atoms with Crippen LogP contribution in [0.5, 0.6) is 0 Å². The van der Waals surface area contributed by atoms with Crippen LogP contribution in [0.4, 0.5) is 0 Å². The number of hydrogen-bond donors (Lipinski definition) is 0. The number of fused-ring (bicyclic) bond motifs is 3. The first kappa shape index (κ1) is 20.0. The van der Waals surface area contributed by atoms with Gasteiger partial charge in [0, 0.05) is 5.29 Å². The van der Waals surface area contributed by atoms with Crippen molar-refractivity contribution in [1.29, 1.82) is 0 Å². The third kappa shape index (κ3) is 2.99. The molecule has 1 heteroatoms. The quantitative estimate of drug-likeness (QED) is 0.274. The number of rotatable bonds is 3. The van der Waals surface area contributed by atoms with Crippen molar-refractivity contribution in [2.45, 2.75) is 6.92 Å². The average molecular weight is 441 g/mol. The molecule has 0 aromatic heterocycles. The molecule has 0 N–H and O–H groups in total. The van der Waals surface area contributed by atoms with E-state index >= 15 is 0 Å². The molecule has 0 atom stereocenters.